The van der Waals surface area contributed by atoms with Gasteiger partial charge in [0.15, 0.2) is 0 Å². The largest absolute Gasteiger partial charge is 0.459 e. The van der Waals surface area contributed by atoms with Gasteiger partial charge in [0.25, 0.3) is 0 Å². The molecule has 0 N–H and O–H groups in total. The van der Waals surface area contributed by atoms with Crippen LogP contribution in [-0.2, 0) is 9.53 Å². The molecule has 0 saturated heterocycles. The molecule has 146 valence electrons. The summed E-state index contributed by atoms with van der Waals surface area (Å²) in [6, 6.07) is 14.9. The Kier molecular flexibility index (Phi) is 5.09. The highest BCUT2D eigenvalue weighted by Crippen LogP contribution is 2.38. The molecule has 0 atom stereocenters. The number of benzene rings is 2. The molecule has 2 aromatic rings. The number of amides is 4. The smallest absolute Gasteiger partial charge is 0.337 e. The zero-order valence-electron chi connectivity index (χ0n) is 16.4. The van der Waals surface area contributed by atoms with E-state index in [1.807, 2.05) is 18.2 Å². The number of fused-ring (bicyclic) bond motifs is 1. The van der Waals surface area contributed by atoms with Gasteiger partial charge in [-0.1, -0.05) is 30.3 Å². The number of nitrogens with zero attached hydrogens (tertiary/aromatic N) is 3. The van der Waals surface area contributed by atoms with Crippen LogP contribution in [0.3, 0.4) is 0 Å². The van der Waals surface area contributed by atoms with Crippen molar-refractivity contribution in [2.45, 2.75) is 26.4 Å². The maximum atomic E-state index is 13.1. The molecule has 2 aromatic carbocycles. The average molecular weight is 381 g/mol. The second kappa shape index (κ2) is 7.34. The lowest BCUT2D eigenvalue weighted by Gasteiger charge is -2.26. The minimum absolute atomic E-state index is 0.298. The molecule has 0 aromatic heterocycles. The minimum atomic E-state index is -0.677. The zero-order chi connectivity index (χ0) is 20.5. The topological polar surface area (TPSA) is 70.2 Å². The molecule has 28 heavy (non-hydrogen) atoms. The van der Waals surface area contributed by atoms with E-state index in [1.165, 1.54) is 16.8 Å². The van der Waals surface area contributed by atoms with Crippen molar-refractivity contribution in [2.24, 2.45) is 0 Å². The zero-order valence-corrected chi connectivity index (χ0v) is 16.4. The van der Waals surface area contributed by atoms with Crippen LogP contribution in [0.1, 0.15) is 20.8 Å². The van der Waals surface area contributed by atoms with Gasteiger partial charge >= 0.3 is 18.0 Å². The summed E-state index contributed by atoms with van der Waals surface area (Å²) in [5, 5.41) is 0. The molecule has 0 bridgehead atoms. The predicted molar refractivity (Wildman–Crippen MR) is 107 cm³/mol. The van der Waals surface area contributed by atoms with Crippen molar-refractivity contribution in [3.8, 4) is 0 Å². The number of hydrogen-bond donors (Lipinski definition) is 0. The van der Waals surface area contributed by atoms with Gasteiger partial charge in [-0.15, -0.1) is 0 Å². The summed E-state index contributed by atoms with van der Waals surface area (Å²) in [7, 11) is 1.40. The van der Waals surface area contributed by atoms with E-state index in [0.29, 0.717) is 17.1 Å². The molecular formula is C21H23N3O4. The predicted octanol–water partition coefficient (Wildman–Crippen LogP) is 4.16. The fourth-order valence-electron chi connectivity index (χ4n) is 2.98. The van der Waals surface area contributed by atoms with Crippen molar-refractivity contribution in [3.63, 3.8) is 0 Å². The Morgan fingerprint density at radius 2 is 1.46 bits per heavy atom. The molecule has 7 heteroatoms. The van der Waals surface area contributed by atoms with E-state index < -0.39 is 23.6 Å². The van der Waals surface area contributed by atoms with Crippen LogP contribution < -0.4 is 9.80 Å². The summed E-state index contributed by atoms with van der Waals surface area (Å²) in [5.74, 6) is -0.551. The van der Waals surface area contributed by atoms with Crippen molar-refractivity contribution in [2.75, 3.05) is 23.4 Å². The lowest BCUT2D eigenvalue weighted by atomic mass is 10.2. The highest BCUT2D eigenvalue weighted by molar-refractivity contribution is 6.16. The first-order valence-corrected chi connectivity index (χ1v) is 8.94. The van der Waals surface area contributed by atoms with E-state index >= 15 is 0 Å². The van der Waals surface area contributed by atoms with Crippen LogP contribution in [0.2, 0.25) is 0 Å². The third kappa shape index (κ3) is 3.83. The van der Waals surface area contributed by atoms with E-state index in [0.717, 1.165) is 4.90 Å². The Morgan fingerprint density at radius 3 is 2.07 bits per heavy atom. The normalized spacial score (nSPS) is 14.6. The van der Waals surface area contributed by atoms with Crippen molar-refractivity contribution in [1.29, 1.82) is 0 Å². The lowest BCUT2D eigenvalue weighted by Crippen LogP contribution is -2.47. The SMILES string of the molecule is CN1C(=O)N(CC(=O)OC(C)(C)C)c2ccccc2N(c2ccccc2)C1=O. The third-order valence-corrected chi connectivity index (χ3v) is 4.13. The summed E-state index contributed by atoms with van der Waals surface area (Å²) < 4.78 is 5.37. The monoisotopic (exact) mass is 381 g/mol. The minimum Gasteiger partial charge on any atom is -0.459 e. The fraction of sp³-hybridized carbons (Fsp3) is 0.286. The maximum absolute atomic E-state index is 13.1. The van der Waals surface area contributed by atoms with E-state index in [-0.39, 0.29) is 6.54 Å². The second-order valence-corrected chi connectivity index (χ2v) is 7.46. The standard InChI is InChI=1S/C21H23N3O4/c1-21(2,3)28-18(25)14-23-16-12-8-9-13-17(16)24(15-10-6-5-7-11-15)20(27)22(4)19(23)26/h5-13H,14H2,1-4H3. The Balaban J connectivity index is 2.08. The molecular weight excluding hydrogens is 358 g/mol. The van der Waals surface area contributed by atoms with E-state index in [1.54, 1.807) is 57.2 Å². The summed E-state index contributed by atoms with van der Waals surface area (Å²) >= 11 is 0. The highest BCUT2D eigenvalue weighted by Gasteiger charge is 2.37. The van der Waals surface area contributed by atoms with Crippen molar-refractivity contribution in [3.05, 3.63) is 54.6 Å². The molecule has 4 amide bonds. The summed E-state index contributed by atoms with van der Waals surface area (Å²) in [6.07, 6.45) is 0. The van der Waals surface area contributed by atoms with Gasteiger partial charge in [0.2, 0.25) is 0 Å². The van der Waals surface area contributed by atoms with Crippen LogP contribution in [0.25, 0.3) is 0 Å². The lowest BCUT2D eigenvalue weighted by molar-refractivity contribution is -0.152. The quantitative estimate of drug-likeness (QED) is 0.749. The molecule has 3 rings (SSSR count). The Hall–Kier alpha value is -3.35. The molecule has 0 fully saturated rings. The number of carbonyl (C=O) groups is 3. The second-order valence-electron chi connectivity index (χ2n) is 7.46. The summed E-state index contributed by atoms with van der Waals surface area (Å²) in [6.45, 7) is 4.98. The van der Waals surface area contributed by atoms with Gasteiger partial charge in [0.1, 0.15) is 12.1 Å². The molecule has 0 unspecified atom stereocenters. The summed E-state index contributed by atoms with van der Waals surface area (Å²) in [4.78, 5) is 42.2. The molecule has 7 nitrogen and oxygen atoms in total. The van der Waals surface area contributed by atoms with E-state index in [2.05, 4.69) is 0 Å². The maximum Gasteiger partial charge on any atom is 0.337 e. The number of rotatable bonds is 3. The van der Waals surface area contributed by atoms with Crippen LogP contribution >= 0.6 is 0 Å². The molecule has 1 heterocycles. The number of esters is 1. The molecule has 1 aliphatic rings. The number of urea groups is 2. The number of ether oxygens (including phenoxy) is 1. The number of anilines is 3. The van der Waals surface area contributed by atoms with E-state index in [9.17, 15) is 14.4 Å². The van der Waals surface area contributed by atoms with E-state index in [4.69, 9.17) is 4.74 Å². The number of imide groups is 1. The third-order valence-electron chi connectivity index (χ3n) is 4.13. The molecule has 0 spiro atoms. The van der Waals surface area contributed by atoms with Gasteiger partial charge in [-0.3, -0.25) is 14.6 Å². The van der Waals surface area contributed by atoms with Crippen molar-refractivity contribution in [1.82, 2.24) is 4.90 Å². The Bertz CT molecular complexity index is 905. The van der Waals surface area contributed by atoms with Crippen molar-refractivity contribution < 1.29 is 19.1 Å². The van der Waals surface area contributed by atoms with Crippen molar-refractivity contribution >= 4 is 35.1 Å². The molecule has 0 saturated carbocycles. The molecule has 1 aliphatic heterocycles. The van der Waals surface area contributed by atoms with Gasteiger partial charge in [0.05, 0.1) is 17.1 Å². The van der Waals surface area contributed by atoms with Crippen LogP contribution in [0.15, 0.2) is 54.6 Å². The van der Waals surface area contributed by atoms with Crippen LogP contribution in [0.5, 0.6) is 0 Å². The summed E-state index contributed by atoms with van der Waals surface area (Å²) in [5.41, 5.74) is 0.919. The highest BCUT2D eigenvalue weighted by atomic mass is 16.6. The van der Waals surface area contributed by atoms with Crippen LogP contribution in [0, 0.1) is 0 Å². The van der Waals surface area contributed by atoms with Gasteiger partial charge in [-0.25, -0.2) is 14.5 Å². The molecule has 0 aliphatic carbocycles. The van der Waals surface area contributed by atoms with Gasteiger partial charge in [0, 0.05) is 7.05 Å². The Labute approximate surface area is 164 Å². The fourth-order valence-corrected chi connectivity index (χ4v) is 2.98. The first kappa shape index (κ1) is 19.4. The Morgan fingerprint density at radius 1 is 0.893 bits per heavy atom. The number of carbonyl (C=O) groups excluding carboxylic acids is 3. The average Bonchev–Trinajstić information content (AvgIpc) is 2.71. The number of para-hydroxylation sites is 3. The first-order chi connectivity index (χ1) is 13.2. The number of hydrogen-bond acceptors (Lipinski definition) is 4. The van der Waals surface area contributed by atoms with Gasteiger partial charge < -0.3 is 4.74 Å². The molecule has 0 radical (unpaired) electrons. The van der Waals surface area contributed by atoms with Gasteiger partial charge in [-0.2, -0.15) is 0 Å². The van der Waals surface area contributed by atoms with Gasteiger partial charge in [-0.05, 0) is 45.0 Å². The van der Waals surface area contributed by atoms with Crippen LogP contribution in [-0.4, -0.2) is 42.1 Å². The van der Waals surface area contributed by atoms with Crippen LogP contribution in [0.4, 0.5) is 26.7 Å². The first-order valence-electron chi connectivity index (χ1n) is 8.94.